The minimum absolute atomic E-state index is 0. The van der Waals surface area contributed by atoms with Gasteiger partial charge in [0, 0.05) is 56.7 Å². The zero-order valence-electron chi connectivity index (χ0n) is 18.9. The van der Waals surface area contributed by atoms with Crippen LogP contribution >= 0.6 is 0 Å². The summed E-state index contributed by atoms with van der Waals surface area (Å²) < 4.78 is 2.22. The summed E-state index contributed by atoms with van der Waals surface area (Å²) >= 11 is 0. The molecule has 7 nitrogen and oxygen atoms in total. The van der Waals surface area contributed by atoms with Crippen molar-refractivity contribution in [3.63, 3.8) is 0 Å². The van der Waals surface area contributed by atoms with Crippen molar-refractivity contribution in [2.75, 3.05) is 6.54 Å². The largest absolute Gasteiger partial charge is 0.348 e. The van der Waals surface area contributed by atoms with Crippen LogP contribution in [0.2, 0.25) is 0 Å². The Morgan fingerprint density at radius 2 is 2.00 bits per heavy atom. The standard InChI is InChI=1S/C26H25N5O2.2H2/c1-15-8-18-14-31(7-6-30(18)13-15)25(33)17-9-20-21(12-28-23(20)27-11-17)16-4-5-19-22(10-16)26(2,3)29-24(19)32;;/h4-5,8-13H,6-7,14H2,1-3H3,(H,27,28)(H,29,32);2*1H. The van der Waals surface area contributed by atoms with Crippen molar-refractivity contribution >= 4 is 22.8 Å². The van der Waals surface area contributed by atoms with Gasteiger partial charge in [-0.3, -0.25) is 9.59 Å². The fourth-order valence-electron chi connectivity index (χ4n) is 5.12. The number of aromatic amines is 1. The summed E-state index contributed by atoms with van der Waals surface area (Å²) in [6.45, 7) is 8.17. The first-order valence-electron chi connectivity index (χ1n) is 11.2. The number of benzene rings is 1. The highest BCUT2D eigenvalue weighted by atomic mass is 16.2. The highest BCUT2D eigenvalue weighted by molar-refractivity contribution is 6.03. The van der Waals surface area contributed by atoms with Crippen molar-refractivity contribution in [2.24, 2.45) is 0 Å². The summed E-state index contributed by atoms with van der Waals surface area (Å²) in [6.07, 6.45) is 5.71. The molecule has 0 radical (unpaired) electrons. The van der Waals surface area contributed by atoms with Crippen molar-refractivity contribution in [1.29, 1.82) is 0 Å². The Morgan fingerprint density at radius 1 is 1.15 bits per heavy atom. The molecule has 0 saturated carbocycles. The number of nitrogens with zero attached hydrogens (tertiary/aromatic N) is 3. The van der Waals surface area contributed by atoms with E-state index in [2.05, 4.69) is 45.1 Å². The van der Waals surface area contributed by atoms with Gasteiger partial charge in [-0.15, -0.1) is 0 Å². The van der Waals surface area contributed by atoms with Gasteiger partial charge in [0.15, 0.2) is 0 Å². The number of carbonyl (C=O) groups excluding carboxylic acids is 2. The first-order chi connectivity index (χ1) is 15.8. The molecule has 5 heterocycles. The monoisotopic (exact) mass is 443 g/mol. The van der Waals surface area contributed by atoms with Gasteiger partial charge in [0.1, 0.15) is 5.65 Å². The molecular weight excluding hydrogens is 414 g/mol. The maximum atomic E-state index is 13.3. The minimum Gasteiger partial charge on any atom is -0.348 e. The Morgan fingerprint density at radius 3 is 2.85 bits per heavy atom. The van der Waals surface area contributed by atoms with Gasteiger partial charge in [-0.2, -0.15) is 0 Å². The lowest BCUT2D eigenvalue weighted by Gasteiger charge is -2.28. The molecule has 7 heteroatoms. The molecule has 170 valence electrons. The van der Waals surface area contributed by atoms with Crippen molar-refractivity contribution < 1.29 is 12.4 Å². The highest BCUT2D eigenvalue weighted by Gasteiger charge is 2.35. The molecule has 1 aromatic carbocycles. The van der Waals surface area contributed by atoms with Gasteiger partial charge in [-0.1, -0.05) is 6.07 Å². The number of hydrogen-bond acceptors (Lipinski definition) is 3. The molecule has 0 saturated heterocycles. The van der Waals surface area contributed by atoms with Crippen LogP contribution < -0.4 is 5.32 Å². The van der Waals surface area contributed by atoms with Crippen LogP contribution in [0.4, 0.5) is 0 Å². The molecule has 6 rings (SSSR count). The van der Waals surface area contributed by atoms with E-state index in [1.165, 1.54) is 5.56 Å². The second-order valence-corrected chi connectivity index (χ2v) is 9.59. The van der Waals surface area contributed by atoms with E-state index in [0.717, 1.165) is 40.0 Å². The lowest BCUT2D eigenvalue weighted by Crippen LogP contribution is -2.37. The summed E-state index contributed by atoms with van der Waals surface area (Å²) in [6, 6.07) is 9.96. The number of aryl methyl sites for hydroxylation is 1. The van der Waals surface area contributed by atoms with E-state index in [1.807, 2.05) is 43.1 Å². The fraction of sp³-hybridized carbons (Fsp3) is 0.269. The third-order valence-corrected chi connectivity index (χ3v) is 6.83. The summed E-state index contributed by atoms with van der Waals surface area (Å²) in [4.78, 5) is 35.2. The van der Waals surface area contributed by atoms with Crippen molar-refractivity contribution in [3.05, 3.63) is 76.9 Å². The molecule has 0 aliphatic carbocycles. The number of aromatic nitrogens is 3. The Hall–Kier alpha value is -3.87. The number of pyridine rings is 1. The van der Waals surface area contributed by atoms with Crippen molar-refractivity contribution in [3.8, 4) is 11.1 Å². The number of hydrogen-bond donors (Lipinski definition) is 2. The summed E-state index contributed by atoms with van der Waals surface area (Å²) in [7, 11) is 0. The van der Waals surface area contributed by atoms with E-state index in [0.29, 0.717) is 24.2 Å². The topological polar surface area (TPSA) is 83.0 Å². The second kappa shape index (κ2) is 6.81. The van der Waals surface area contributed by atoms with Gasteiger partial charge in [0.25, 0.3) is 11.8 Å². The Kier molecular flexibility index (Phi) is 4.08. The van der Waals surface area contributed by atoms with Crippen LogP contribution in [0.15, 0.2) is 48.9 Å². The van der Waals surface area contributed by atoms with Crippen LogP contribution in [0.3, 0.4) is 0 Å². The first-order valence-corrected chi connectivity index (χ1v) is 11.2. The van der Waals surface area contributed by atoms with Gasteiger partial charge < -0.3 is 19.8 Å². The lowest BCUT2D eigenvalue weighted by molar-refractivity contribution is 0.0710. The van der Waals surface area contributed by atoms with Crippen LogP contribution in [0.1, 0.15) is 54.2 Å². The smallest absolute Gasteiger partial charge is 0.255 e. The Bertz CT molecular complexity index is 1470. The third-order valence-electron chi connectivity index (χ3n) is 6.83. The van der Waals surface area contributed by atoms with E-state index >= 15 is 0 Å². The molecule has 33 heavy (non-hydrogen) atoms. The minimum atomic E-state index is -0.418. The molecular formula is C26H29N5O2. The van der Waals surface area contributed by atoms with Crippen molar-refractivity contribution in [1.82, 2.24) is 24.8 Å². The predicted molar refractivity (Wildman–Crippen MR) is 130 cm³/mol. The molecule has 2 N–H and O–H groups in total. The molecule has 0 spiro atoms. The maximum absolute atomic E-state index is 13.3. The molecule has 4 aromatic rings. The zero-order chi connectivity index (χ0) is 22.9. The van der Waals surface area contributed by atoms with Gasteiger partial charge in [-0.25, -0.2) is 4.98 Å². The highest BCUT2D eigenvalue weighted by Crippen LogP contribution is 2.36. The van der Waals surface area contributed by atoms with Gasteiger partial charge in [-0.05, 0) is 61.7 Å². The zero-order valence-corrected chi connectivity index (χ0v) is 18.9. The number of H-pyrrole nitrogens is 1. The van der Waals surface area contributed by atoms with Gasteiger partial charge in [0.2, 0.25) is 0 Å². The predicted octanol–water partition coefficient (Wildman–Crippen LogP) is 4.47. The van der Waals surface area contributed by atoms with Crippen LogP contribution in [-0.2, 0) is 18.6 Å². The quantitative estimate of drug-likeness (QED) is 0.480. The van der Waals surface area contributed by atoms with E-state index in [-0.39, 0.29) is 14.7 Å². The fourth-order valence-corrected chi connectivity index (χ4v) is 5.12. The lowest BCUT2D eigenvalue weighted by atomic mass is 9.91. The number of carbonyl (C=O) groups is 2. The molecule has 0 unspecified atom stereocenters. The van der Waals surface area contributed by atoms with E-state index in [9.17, 15) is 9.59 Å². The normalized spacial score (nSPS) is 16.6. The third kappa shape index (κ3) is 3.07. The average Bonchev–Trinajstić information content (AvgIpc) is 3.44. The van der Waals surface area contributed by atoms with Gasteiger partial charge >= 0.3 is 0 Å². The van der Waals surface area contributed by atoms with E-state index < -0.39 is 5.54 Å². The molecule has 2 aliphatic heterocycles. The van der Waals surface area contributed by atoms with Crippen LogP contribution in [0, 0.1) is 6.92 Å². The summed E-state index contributed by atoms with van der Waals surface area (Å²) in [5, 5.41) is 3.92. The number of rotatable bonds is 2. The molecule has 0 atom stereocenters. The molecule has 0 bridgehead atoms. The molecule has 2 amide bonds. The number of fused-ring (bicyclic) bond motifs is 3. The van der Waals surface area contributed by atoms with E-state index in [4.69, 9.17) is 0 Å². The summed E-state index contributed by atoms with van der Waals surface area (Å²) in [5.41, 5.74) is 6.92. The average molecular weight is 444 g/mol. The summed E-state index contributed by atoms with van der Waals surface area (Å²) in [5.74, 6) is -0.0515. The van der Waals surface area contributed by atoms with Crippen LogP contribution in [0.25, 0.3) is 22.2 Å². The molecule has 3 aromatic heterocycles. The SMILES string of the molecule is Cc1cc2n(c1)CCN(C(=O)c1cnc3[nH]cc(-c4ccc5c(c4)C(C)(C)NC5=O)c3c1)C2.[HH].[HH]. The Labute approximate surface area is 194 Å². The maximum Gasteiger partial charge on any atom is 0.255 e. The second-order valence-electron chi connectivity index (χ2n) is 9.59. The van der Waals surface area contributed by atoms with Crippen LogP contribution in [-0.4, -0.2) is 37.8 Å². The van der Waals surface area contributed by atoms with Crippen LogP contribution in [0.5, 0.6) is 0 Å². The Balaban J connectivity index is 0.00000144. The number of nitrogens with one attached hydrogen (secondary N) is 2. The number of amides is 2. The van der Waals surface area contributed by atoms with Crippen molar-refractivity contribution in [2.45, 2.75) is 39.4 Å². The first kappa shape index (κ1) is 19.8. The molecule has 0 fully saturated rings. The molecule has 2 aliphatic rings. The van der Waals surface area contributed by atoms with E-state index in [1.54, 1.807) is 6.20 Å². The van der Waals surface area contributed by atoms with Gasteiger partial charge in [0.05, 0.1) is 17.6 Å².